The Kier molecular flexibility index (Phi) is 4.46. The van der Waals surface area contributed by atoms with Crippen molar-refractivity contribution < 1.29 is 14.3 Å². The number of methoxy groups -OCH3 is 1. The number of benzene rings is 2. The molecule has 3 rings (SSSR count). The number of amides is 3. The molecule has 0 radical (unpaired) electrons. The molecule has 0 spiro atoms. The minimum atomic E-state index is -1.18. The van der Waals surface area contributed by atoms with Crippen LogP contribution >= 0.6 is 11.6 Å². The number of rotatable bonds is 4. The highest BCUT2D eigenvalue weighted by Crippen LogP contribution is 2.30. The van der Waals surface area contributed by atoms with Gasteiger partial charge in [0.15, 0.2) is 0 Å². The van der Waals surface area contributed by atoms with E-state index >= 15 is 0 Å². The van der Waals surface area contributed by atoms with Crippen LogP contribution in [0.1, 0.15) is 18.1 Å². The molecular formula is C18H16ClN3O3. The highest BCUT2D eigenvalue weighted by atomic mass is 35.5. The van der Waals surface area contributed by atoms with E-state index in [0.717, 1.165) is 10.6 Å². The quantitative estimate of drug-likeness (QED) is 0.675. The summed E-state index contributed by atoms with van der Waals surface area (Å²) >= 11 is 5.83. The Labute approximate surface area is 150 Å². The molecule has 1 aliphatic heterocycles. The van der Waals surface area contributed by atoms with Gasteiger partial charge in [-0.1, -0.05) is 35.9 Å². The lowest BCUT2D eigenvalue weighted by Crippen LogP contribution is -2.40. The first-order valence-corrected chi connectivity index (χ1v) is 7.92. The molecule has 25 heavy (non-hydrogen) atoms. The molecular weight excluding hydrogens is 342 g/mol. The van der Waals surface area contributed by atoms with Crippen LogP contribution in [0.3, 0.4) is 0 Å². The van der Waals surface area contributed by atoms with Crippen LogP contribution in [0.5, 0.6) is 5.75 Å². The van der Waals surface area contributed by atoms with E-state index in [2.05, 4.69) is 10.4 Å². The third-order valence-corrected chi connectivity index (χ3v) is 4.28. The zero-order valence-corrected chi connectivity index (χ0v) is 14.4. The molecule has 0 bridgehead atoms. The summed E-state index contributed by atoms with van der Waals surface area (Å²) < 4.78 is 5.11. The Hall–Kier alpha value is -2.86. The third-order valence-electron chi connectivity index (χ3n) is 4.03. The summed E-state index contributed by atoms with van der Waals surface area (Å²) in [4.78, 5) is 25.0. The van der Waals surface area contributed by atoms with Crippen molar-refractivity contribution in [2.45, 2.75) is 12.5 Å². The van der Waals surface area contributed by atoms with Gasteiger partial charge in [-0.25, -0.2) is 4.79 Å². The van der Waals surface area contributed by atoms with Gasteiger partial charge in [-0.15, -0.1) is 5.01 Å². The molecule has 1 aliphatic rings. The Morgan fingerprint density at radius 2 is 1.76 bits per heavy atom. The molecule has 1 unspecified atom stereocenters. The van der Waals surface area contributed by atoms with Gasteiger partial charge in [0, 0.05) is 5.02 Å². The van der Waals surface area contributed by atoms with Gasteiger partial charge in [0.25, 0.3) is 5.91 Å². The van der Waals surface area contributed by atoms with Crippen molar-refractivity contribution in [3.8, 4) is 5.75 Å². The largest absolute Gasteiger partial charge is 0.497 e. The number of hydrogen-bond acceptors (Lipinski definition) is 4. The smallest absolute Gasteiger partial charge is 0.346 e. The molecule has 2 aromatic carbocycles. The zero-order valence-electron chi connectivity index (χ0n) is 13.7. The van der Waals surface area contributed by atoms with E-state index in [1.54, 1.807) is 62.6 Å². The highest BCUT2D eigenvalue weighted by Gasteiger charge is 2.49. The standard InChI is InChI=1S/C18H16ClN3O3/c1-18(13-5-9-15(25-2)10-6-13)16(23)22(17(24)21-18)20-11-12-3-7-14(19)8-4-12/h3-11H,1-2H3,(H,21,24). The summed E-state index contributed by atoms with van der Waals surface area (Å²) in [7, 11) is 1.56. The number of ether oxygens (including phenoxy) is 1. The molecule has 1 heterocycles. The van der Waals surface area contributed by atoms with Crippen molar-refractivity contribution >= 4 is 29.8 Å². The number of hydrazone groups is 1. The van der Waals surface area contributed by atoms with Crippen LogP contribution in [0.25, 0.3) is 0 Å². The minimum Gasteiger partial charge on any atom is -0.497 e. The van der Waals surface area contributed by atoms with Crippen LogP contribution < -0.4 is 10.1 Å². The van der Waals surface area contributed by atoms with Crippen molar-refractivity contribution in [3.05, 3.63) is 64.7 Å². The fraction of sp³-hybridized carbons (Fsp3) is 0.167. The van der Waals surface area contributed by atoms with E-state index in [9.17, 15) is 9.59 Å². The molecule has 7 heteroatoms. The molecule has 3 amide bonds. The molecule has 0 saturated carbocycles. The molecule has 1 saturated heterocycles. The average molecular weight is 358 g/mol. The number of imide groups is 1. The molecule has 1 fully saturated rings. The topological polar surface area (TPSA) is 71.0 Å². The summed E-state index contributed by atoms with van der Waals surface area (Å²) in [5, 5.41) is 8.14. The maximum absolute atomic E-state index is 12.7. The average Bonchev–Trinajstić information content (AvgIpc) is 2.84. The van der Waals surface area contributed by atoms with E-state index in [1.165, 1.54) is 6.21 Å². The molecule has 128 valence electrons. The van der Waals surface area contributed by atoms with Gasteiger partial charge < -0.3 is 10.1 Å². The SMILES string of the molecule is COc1ccc(C2(C)NC(=O)N(N=Cc3ccc(Cl)cc3)C2=O)cc1. The maximum atomic E-state index is 12.7. The molecule has 1 N–H and O–H groups in total. The number of hydrogen-bond donors (Lipinski definition) is 1. The summed E-state index contributed by atoms with van der Waals surface area (Å²) in [6.07, 6.45) is 1.44. The third kappa shape index (κ3) is 3.21. The minimum absolute atomic E-state index is 0.451. The summed E-state index contributed by atoms with van der Waals surface area (Å²) in [6.45, 7) is 1.65. The van der Waals surface area contributed by atoms with Gasteiger partial charge in [0.1, 0.15) is 11.3 Å². The van der Waals surface area contributed by atoms with Gasteiger partial charge in [-0.05, 0) is 42.3 Å². The summed E-state index contributed by atoms with van der Waals surface area (Å²) in [6, 6.07) is 13.3. The maximum Gasteiger partial charge on any atom is 0.346 e. The van der Waals surface area contributed by atoms with Crippen LogP contribution in [0.4, 0.5) is 4.79 Å². The fourth-order valence-electron chi connectivity index (χ4n) is 2.52. The Morgan fingerprint density at radius 1 is 1.12 bits per heavy atom. The number of nitrogens with one attached hydrogen (secondary N) is 1. The number of carbonyl (C=O) groups excluding carboxylic acids is 2. The zero-order chi connectivity index (χ0) is 18.0. The predicted molar refractivity (Wildman–Crippen MR) is 94.8 cm³/mol. The number of nitrogens with zero attached hydrogens (tertiary/aromatic N) is 2. The van der Waals surface area contributed by atoms with Crippen LogP contribution in [0.15, 0.2) is 53.6 Å². The second-order valence-electron chi connectivity index (χ2n) is 5.70. The second kappa shape index (κ2) is 6.57. The Morgan fingerprint density at radius 3 is 2.36 bits per heavy atom. The van der Waals surface area contributed by atoms with E-state index in [0.29, 0.717) is 16.3 Å². The van der Waals surface area contributed by atoms with E-state index < -0.39 is 17.5 Å². The van der Waals surface area contributed by atoms with Crippen LogP contribution in [0.2, 0.25) is 5.02 Å². The van der Waals surface area contributed by atoms with Crippen LogP contribution in [0, 0.1) is 0 Å². The van der Waals surface area contributed by atoms with Crippen molar-refractivity contribution in [2.75, 3.05) is 7.11 Å². The lowest BCUT2D eigenvalue weighted by atomic mass is 9.92. The summed E-state index contributed by atoms with van der Waals surface area (Å²) in [5.41, 5.74) is 0.194. The highest BCUT2D eigenvalue weighted by molar-refractivity contribution is 6.30. The fourth-order valence-corrected chi connectivity index (χ4v) is 2.65. The predicted octanol–water partition coefficient (Wildman–Crippen LogP) is 3.15. The molecule has 0 aromatic heterocycles. The lowest BCUT2D eigenvalue weighted by Gasteiger charge is -2.21. The van der Waals surface area contributed by atoms with Crippen LogP contribution in [-0.4, -0.2) is 30.3 Å². The van der Waals surface area contributed by atoms with Crippen molar-refractivity contribution in [3.63, 3.8) is 0 Å². The van der Waals surface area contributed by atoms with E-state index in [1.807, 2.05) is 0 Å². The summed E-state index contributed by atoms with van der Waals surface area (Å²) in [5.74, 6) is 0.217. The van der Waals surface area contributed by atoms with Gasteiger partial charge in [0.05, 0.1) is 13.3 Å². The number of carbonyl (C=O) groups is 2. The lowest BCUT2D eigenvalue weighted by molar-refractivity contribution is -0.131. The Bertz CT molecular complexity index is 834. The van der Waals surface area contributed by atoms with Gasteiger partial charge in [-0.3, -0.25) is 4.79 Å². The molecule has 1 atom stereocenters. The van der Waals surface area contributed by atoms with Gasteiger partial charge in [0.2, 0.25) is 0 Å². The van der Waals surface area contributed by atoms with Crippen molar-refractivity contribution in [2.24, 2.45) is 5.10 Å². The monoisotopic (exact) mass is 357 g/mol. The molecule has 2 aromatic rings. The molecule has 6 nitrogen and oxygen atoms in total. The van der Waals surface area contributed by atoms with Gasteiger partial charge >= 0.3 is 6.03 Å². The van der Waals surface area contributed by atoms with E-state index in [4.69, 9.17) is 16.3 Å². The first-order valence-electron chi connectivity index (χ1n) is 7.55. The first kappa shape index (κ1) is 17.0. The van der Waals surface area contributed by atoms with Crippen LogP contribution in [-0.2, 0) is 10.3 Å². The molecule has 0 aliphatic carbocycles. The van der Waals surface area contributed by atoms with Crippen molar-refractivity contribution in [1.82, 2.24) is 10.3 Å². The normalized spacial score (nSPS) is 20.2. The first-order chi connectivity index (χ1) is 11.9. The van der Waals surface area contributed by atoms with Gasteiger partial charge in [-0.2, -0.15) is 5.10 Å². The Balaban J connectivity index is 1.84. The van der Waals surface area contributed by atoms with E-state index in [-0.39, 0.29) is 0 Å². The number of halogens is 1. The van der Waals surface area contributed by atoms with Crippen molar-refractivity contribution in [1.29, 1.82) is 0 Å². The second-order valence-corrected chi connectivity index (χ2v) is 6.13. The number of urea groups is 1.